The average Bonchev–Trinajstić information content (AvgIpc) is 2.30. The molecule has 3 nitrogen and oxygen atoms in total. The number of ketones is 1. The van der Waals surface area contributed by atoms with Crippen LogP contribution >= 0.6 is 0 Å². The summed E-state index contributed by atoms with van der Waals surface area (Å²) in [7, 11) is 0. The molecule has 3 heteroatoms. The maximum absolute atomic E-state index is 11.0. The quantitative estimate of drug-likeness (QED) is 0.543. The molecule has 0 amide bonds. The number of carbonyl (C=O) groups excluding carboxylic acids is 1. The molecule has 0 spiro atoms. The predicted molar refractivity (Wildman–Crippen MR) is 60.2 cm³/mol. The molecule has 0 unspecified atom stereocenters. The molecule has 0 saturated heterocycles. The van der Waals surface area contributed by atoms with E-state index in [2.05, 4.69) is 22.0 Å². The highest BCUT2D eigenvalue weighted by molar-refractivity contribution is 5.92. The number of Topliss-reactive ketones (excluding diaryl/α,β-unsaturated/α-hetero) is 1. The third-order valence-electron chi connectivity index (χ3n) is 2.53. The van der Waals surface area contributed by atoms with E-state index in [4.69, 9.17) is 0 Å². The van der Waals surface area contributed by atoms with Gasteiger partial charge in [0.25, 0.3) is 0 Å². The molecule has 15 heavy (non-hydrogen) atoms. The Balaban J connectivity index is 2.16. The summed E-state index contributed by atoms with van der Waals surface area (Å²) < 4.78 is 0. The van der Waals surface area contributed by atoms with Gasteiger partial charge >= 0.3 is 0 Å². The molecule has 78 valence electrons. The van der Waals surface area contributed by atoms with E-state index in [0.717, 1.165) is 25.2 Å². The summed E-state index contributed by atoms with van der Waals surface area (Å²) in [6, 6.07) is 3.75. The Hall–Kier alpha value is -1.64. The number of rotatable bonds is 2. The Bertz CT molecular complexity index is 381. The summed E-state index contributed by atoms with van der Waals surface area (Å²) in [6.07, 6.45) is 7.20. The summed E-state index contributed by atoms with van der Waals surface area (Å²) in [5.74, 6) is 0.0140. The van der Waals surface area contributed by atoms with Crippen LogP contribution in [0.2, 0.25) is 0 Å². The van der Waals surface area contributed by atoms with Gasteiger partial charge in [0, 0.05) is 20.0 Å². The average molecular weight is 202 g/mol. The highest BCUT2D eigenvalue weighted by atomic mass is 16.1. The predicted octanol–water partition coefficient (Wildman–Crippen LogP) is 2.05. The summed E-state index contributed by atoms with van der Waals surface area (Å²) in [5, 5.41) is 0. The van der Waals surface area contributed by atoms with Gasteiger partial charge in [-0.25, -0.2) is 0 Å². The van der Waals surface area contributed by atoms with Crippen LogP contribution in [0, 0.1) is 0 Å². The van der Waals surface area contributed by atoms with Gasteiger partial charge in [0.05, 0.1) is 11.9 Å². The monoisotopic (exact) mass is 202 g/mol. The summed E-state index contributed by atoms with van der Waals surface area (Å²) >= 11 is 0. The molecule has 1 aromatic rings. The van der Waals surface area contributed by atoms with Crippen LogP contribution in [-0.4, -0.2) is 23.9 Å². The molecule has 0 saturated carbocycles. The number of hydrogen-bond acceptors (Lipinski definition) is 3. The van der Waals surface area contributed by atoms with E-state index < -0.39 is 0 Å². The van der Waals surface area contributed by atoms with Crippen molar-refractivity contribution >= 4 is 11.5 Å². The third-order valence-corrected chi connectivity index (χ3v) is 2.53. The van der Waals surface area contributed by atoms with Crippen molar-refractivity contribution < 1.29 is 4.79 Å². The fourth-order valence-corrected chi connectivity index (χ4v) is 1.66. The van der Waals surface area contributed by atoms with E-state index in [9.17, 15) is 4.79 Å². The van der Waals surface area contributed by atoms with Gasteiger partial charge in [0.1, 0.15) is 5.69 Å². The van der Waals surface area contributed by atoms with E-state index in [1.807, 2.05) is 6.07 Å². The minimum atomic E-state index is 0.0140. The van der Waals surface area contributed by atoms with Gasteiger partial charge in [0.15, 0.2) is 5.78 Å². The standard InChI is InChI=1S/C12H14N2O/c1-10(15)12-6-5-11(9-13-12)14-7-3-2-4-8-14/h2-3,5-6,9H,4,7-8H2,1H3. The molecule has 0 N–H and O–H groups in total. The first-order chi connectivity index (χ1) is 7.27. The highest BCUT2D eigenvalue weighted by Crippen LogP contribution is 2.15. The first-order valence-electron chi connectivity index (χ1n) is 5.14. The van der Waals surface area contributed by atoms with Gasteiger partial charge in [-0.2, -0.15) is 0 Å². The Morgan fingerprint density at radius 3 is 2.80 bits per heavy atom. The summed E-state index contributed by atoms with van der Waals surface area (Å²) in [5.41, 5.74) is 1.62. The lowest BCUT2D eigenvalue weighted by Gasteiger charge is -2.25. The van der Waals surface area contributed by atoms with Crippen LogP contribution in [-0.2, 0) is 0 Å². The van der Waals surface area contributed by atoms with E-state index in [-0.39, 0.29) is 5.78 Å². The summed E-state index contributed by atoms with van der Waals surface area (Å²) in [6.45, 7) is 3.49. The Labute approximate surface area is 89.4 Å². The Morgan fingerprint density at radius 2 is 2.27 bits per heavy atom. The van der Waals surface area contributed by atoms with Crippen LogP contribution in [0.1, 0.15) is 23.8 Å². The van der Waals surface area contributed by atoms with Crippen molar-refractivity contribution in [2.75, 3.05) is 18.0 Å². The highest BCUT2D eigenvalue weighted by Gasteiger charge is 2.08. The van der Waals surface area contributed by atoms with Gasteiger partial charge in [-0.1, -0.05) is 12.2 Å². The minimum Gasteiger partial charge on any atom is -0.366 e. The molecule has 1 aliphatic heterocycles. The van der Waals surface area contributed by atoms with Gasteiger partial charge in [0.2, 0.25) is 0 Å². The van der Waals surface area contributed by atoms with E-state index in [1.165, 1.54) is 6.92 Å². The lowest BCUT2D eigenvalue weighted by molar-refractivity contribution is 0.101. The number of nitrogens with zero attached hydrogens (tertiary/aromatic N) is 2. The largest absolute Gasteiger partial charge is 0.366 e. The fourth-order valence-electron chi connectivity index (χ4n) is 1.66. The first kappa shape index (κ1) is 9.90. The van der Waals surface area contributed by atoms with Gasteiger partial charge in [-0.05, 0) is 18.6 Å². The first-order valence-corrected chi connectivity index (χ1v) is 5.14. The Kier molecular flexibility index (Phi) is 2.81. The van der Waals surface area contributed by atoms with Crippen molar-refractivity contribution in [3.63, 3.8) is 0 Å². The van der Waals surface area contributed by atoms with Gasteiger partial charge < -0.3 is 4.90 Å². The van der Waals surface area contributed by atoms with Crippen LogP contribution in [0.3, 0.4) is 0 Å². The smallest absolute Gasteiger partial charge is 0.178 e. The normalized spacial score (nSPS) is 15.4. The van der Waals surface area contributed by atoms with Crippen LogP contribution in [0.25, 0.3) is 0 Å². The van der Waals surface area contributed by atoms with Crippen LogP contribution in [0.4, 0.5) is 5.69 Å². The third kappa shape index (κ3) is 2.24. The molecule has 0 bridgehead atoms. The molecule has 0 fully saturated rings. The van der Waals surface area contributed by atoms with E-state index in [1.54, 1.807) is 12.3 Å². The molecule has 1 aliphatic rings. The fraction of sp³-hybridized carbons (Fsp3) is 0.333. The van der Waals surface area contributed by atoms with Gasteiger partial charge in [-0.15, -0.1) is 0 Å². The van der Waals surface area contributed by atoms with Crippen molar-refractivity contribution in [3.8, 4) is 0 Å². The zero-order chi connectivity index (χ0) is 10.7. The molecule has 0 aliphatic carbocycles. The van der Waals surface area contributed by atoms with Crippen LogP contribution in [0.15, 0.2) is 30.5 Å². The molecule has 0 radical (unpaired) electrons. The van der Waals surface area contributed by atoms with Crippen molar-refractivity contribution in [1.82, 2.24) is 4.98 Å². The van der Waals surface area contributed by atoms with Gasteiger partial charge in [-0.3, -0.25) is 9.78 Å². The number of anilines is 1. The summed E-state index contributed by atoms with van der Waals surface area (Å²) in [4.78, 5) is 17.4. The topological polar surface area (TPSA) is 33.2 Å². The number of aromatic nitrogens is 1. The molecule has 2 rings (SSSR count). The van der Waals surface area contributed by atoms with Crippen molar-refractivity contribution in [2.45, 2.75) is 13.3 Å². The van der Waals surface area contributed by atoms with Crippen LogP contribution < -0.4 is 4.90 Å². The maximum Gasteiger partial charge on any atom is 0.178 e. The minimum absolute atomic E-state index is 0.0140. The lowest BCUT2D eigenvalue weighted by Crippen LogP contribution is -2.26. The molecule has 2 heterocycles. The zero-order valence-corrected chi connectivity index (χ0v) is 8.81. The molecular formula is C12H14N2O. The molecule has 0 atom stereocenters. The Morgan fingerprint density at radius 1 is 1.40 bits per heavy atom. The molecule has 0 aromatic carbocycles. The second kappa shape index (κ2) is 4.26. The second-order valence-corrected chi connectivity index (χ2v) is 3.66. The van der Waals surface area contributed by atoms with Crippen LogP contribution in [0.5, 0.6) is 0 Å². The SMILES string of the molecule is CC(=O)c1ccc(N2CC=CCC2)cn1. The van der Waals surface area contributed by atoms with Crippen molar-refractivity contribution in [1.29, 1.82) is 0 Å². The second-order valence-electron chi connectivity index (χ2n) is 3.66. The van der Waals surface area contributed by atoms with Crippen molar-refractivity contribution in [3.05, 3.63) is 36.2 Å². The number of hydrogen-bond donors (Lipinski definition) is 0. The van der Waals surface area contributed by atoms with Crippen molar-refractivity contribution in [2.24, 2.45) is 0 Å². The number of carbonyl (C=O) groups is 1. The number of pyridine rings is 1. The van der Waals surface area contributed by atoms with E-state index in [0.29, 0.717) is 5.69 Å². The maximum atomic E-state index is 11.0. The molecular weight excluding hydrogens is 188 g/mol. The lowest BCUT2D eigenvalue weighted by atomic mass is 10.2. The zero-order valence-electron chi connectivity index (χ0n) is 8.81. The molecule has 1 aromatic heterocycles. The van der Waals surface area contributed by atoms with E-state index >= 15 is 0 Å².